The number of carbonyl (C=O) groups excluding carboxylic acids is 1. The predicted molar refractivity (Wildman–Crippen MR) is 78.0 cm³/mol. The Morgan fingerprint density at radius 2 is 2.05 bits per heavy atom. The molecule has 0 bridgehead atoms. The fourth-order valence-corrected chi connectivity index (χ4v) is 2.45. The molecule has 106 valence electrons. The van der Waals surface area contributed by atoms with E-state index in [4.69, 9.17) is 5.73 Å². The largest absolute Gasteiger partial charge is 0.335 e. The molecule has 4 nitrogen and oxygen atoms in total. The van der Waals surface area contributed by atoms with Gasteiger partial charge < -0.3 is 10.6 Å². The number of likely N-dealkylation sites (tertiary alicyclic amines) is 1. The van der Waals surface area contributed by atoms with Crippen LogP contribution in [0.1, 0.15) is 38.3 Å². The maximum atomic E-state index is 12.4. The van der Waals surface area contributed by atoms with Crippen LogP contribution in [-0.2, 0) is 4.79 Å². The monoisotopic (exact) mass is 283 g/mol. The topological polar surface area (TPSA) is 59.2 Å². The highest BCUT2D eigenvalue weighted by molar-refractivity contribution is 5.85. The van der Waals surface area contributed by atoms with Crippen molar-refractivity contribution in [3.8, 4) is 0 Å². The quantitative estimate of drug-likeness (QED) is 0.925. The predicted octanol–water partition coefficient (Wildman–Crippen LogP) is 2.15. The van der Waals surface area contributed by atoms with Gasteiger partial charge in [-0.1, -0.05) is 6.92 Å². The van der Waals surface area contributed by atoms with Crippen LogP contribution in [0.4, 0.5) is 0 Å². The molecule has 1 aliphatic heterocycles. The van der Waals surface area contributed by atoms with E-state index in [0.717, 1.165) is 19.4 Å². The van der Waals surface area contributed by atoms with Crippen molar-refractivity contribution >= 4 is 18.3 Å². The number of amides is 1. The molecule has 1 amide bonds. The third-order valence-corrected chi connectivity index (χ3v) is 3.80. The van der Waals surface area contributed by atoms with E-state index in [1.165, 1.54) is 5.56 Å². The zero-order valence-corrected chi connectivity index (χ0v) is 12.3. The lowest BCUT2D eigenvalue weighted by molar-refractivity contribution is -0.136. The van der Waals surface area contributed by atoms with Crippen LogP contribution in [-0.4, -0.2) is 28.4 Å². The number of halogens is 1. The van der Waals surface area contributed by atoms with Gasteiger partial charge in [0.2, 0.25) is 5.91 Å². The summed E-state index contributed by atoms with van der Waals surface area (Å²) in [5, 5.41) is 0. The molecule has 0 spiro atoms. The van der Waals surface area contributed by atoms with Crippen LogP contribution in [0.5, 0.6) is 0 Å². The molecule has 2 heterocycles. The fourth-order valence-electron chi connectivity index (χ4n) is 2.45. The van der Waals surface area contributed by atoms with Gasteiger partial charge in [-0.15, -0.1) is 12.4 Å². The van der Waals surface area contributed by atoms with Crippen molar-refractivity contribution in [2.75, 3.05) is 6.54 Å². The van der Waals surface area contributed by atoms with Crippen molar-refractivity contribution < 1.29 is 4.79 Å². The minimum absolute atomic E-state index is 0. The molecule has 0 radical (unpaired) electrons. The van der Waals surface area contributed by atoms with Crippen LogP contribution in [0.3, 0.4) is 0 Å². The molecule has 3 unspecified atom stereocenters. The Labute approximate surface area is 120 Å². The van der Waals surface area contributed by atoms with Gasteiger partial charge in [0.1, 0.15) is 0 Å². The van der Waals surface area contributed by atoms with Gasteiger partial charge in [0.15, 0.2) is 0 Å². The SMILES string of the molecule is CC(N)C(C)C(=O)N1CCCC1c1ccncc1.Cl. The molecule has 0 saturated carbocycles. The van der Waals surface area contributed by atoms with Gasteiger partial charge in [0.25, 0.3) is 0 Å². The van der Waals surface area contributed by atoms with Crippen molar-refractivity contribution in [1.82, 2.24) is 9.88 Å². The van der Waals surface area contributed by atoms with E-state index in [2.05, 4.69) is 4.98 Å². The molecule has 2 N–H and O–H groups in total. The molecule has 1 fully saturated rings. The highest BCUT2D eigenvalue weighted by Crippen LogP contribution is 2.32. The maximum absolute atomic E-state index is 12.4. The standard InChI is InChI=1S/C14H21N3O.ClH/c1-10(11(2)15)14(18)17-9-3-4-13(17)12-5-7-16-8-6-12;/h5-8,10-11,13H,3-4,9,15H2,1-2H3;1H. The van der Waals surface area contributed by atoms with E-state index < -0.39 is 0 Å². The molecule has 1 aromatic heterocycles. The fraction of sp³-hybridized carbons (Fsp3) is 0.571. The van der Waals surface area contributed by atoms with Crippen LogP contribution in [0.25, 0.3) is 0 Å². The Morgan fingerprint density at radius 3 is 2.63 bits per heavy atom. The summed E-state index contributed by atoms with van der Waals surface area (Å²) >= 11 is 0. The normalized spacial score (nSPS) is 21.6. The second-order valence-electron chi connectivity index (χ2n) is 5.12. The van der Waals surface area contributed by atoms with Crippen LogP contribution in [0, 0.1) is 5.92 Å². The number of aromatic nitrogens is 1. The first-order valence-electron chi connectivity index (χ1n) is 6.57. The van der Waals surface area contributed by atoms with Crippen LogP contribution in [0.15, 0.2) is 24.5 Å². The van der Waals surface area contributed by atoms with E-state index in [-0.39, 0.29) is 36.3 Å². The smallest absolute Gasteiger partial charge is 0.227 e. The van der Waals surface area contributed by atoms with Crippen molar-refractivity contribution in [1.29, 1.82) is 0 Å². The highest BCUT2D eigenvalue weighted by Gasteiger charge is 2.33. The molecule has 0 aliphatic carbocycles. The van der Waals surface area contributed by atoms with Gasteiger partial charge in [-0.3, -0.25) is 9.78 Å². The van der Waals surface area contributed by atoms with Gasteiger partial charge in [-0.05, 0) is 37.5 Å². The van der Waals surface area contributed by atoms with Crippen molar-refractivity contribution in [3.05, 3.63) is 30.1 Å². The molecule has 1 saturated heterocycles. The number of hydrogen-bond acceptors (Lipinski definition) is 3. The lowest BCUT2D eigenvalue weighted by Gasteiger charge is -2.29. The number of pyridine rings is 1. The summed E-state index contributed by atoms with van der Waals surface area (Å²) in [5.74, 6) is 0.0525. The molecular formula is C14H22ClN3O. The van der Waals surface area contributed by atoms with Crippen LogP contribution in [0.2, 0.25) is 0 Å². The summed E-state index contributed by atoms with van der Waals surface area (Å²) in [6, 6.07) is 4.08. The van der Waals surface area contributed by atoms with E-state index in [1.54, 1.807) is 12.4 Å². The summed E-state index contributed by atoms with van der Waals surface area (Å²) in [6.07, 6.45) is 5.66. The van der Waals surface area contributed by atoms with Crippen molar-refractivity contribution in [3.63, 3.8) is 0 Å². The van der Waals surface area contributed by atoms with Gasteiger partial charge >= 0.3 is 0 Å². The van der Waals surface area contributed by atoms with Gasteiger partial charge in [0, 0.05) is 25.0 Å². The van der Waals surface area contributed by atoms with Gasteiger partial charge in [-0.2, -0.15) is 0 Å². The van der Waals surface area contributed by atoms with Crippen molar-refractivity contribution in [2.24, 2.45) is 11.7 Å². The molecule has 3 atom stereocenters. The average Bonchev–Trinajstić information content (AvgIpc) is 2.87. The summed E-state index contributed by atoms with van der Waals surface area (Å²) < 4.78 is 0. The number of nitrogens with zero attached hydrogens (tertiary/aromatic N) is 2. The number of hydrogen-bond donors (Lipinski definition) is 1. The molecule has 2 rings (SSSR count). The molecular weight excluding hydrogens is 262 g/mol. The molecule has 5 heteroatoms. The van der Waals surface area contributed by atoms with E-state index in [1.807, 2.05) is 30.9 Å². The number of nitrogens with two attached hydrogens (primary N) is 1. The zero-order valence-electron chi connectivity index (χ0n) is 11.5. The highest BCUT2D eigenvalue weighted by atomic mass is 35.5. The summed E-state index contributed by atoms with van der Waals surface area (Å²) in [5.41, 5.74) is 7.00. The second kappa shape index (κ2) is 6.87. The van der Waals surface area contributed by atoms with E-state index in [9.17, 15) is 4.79 Å². The minimum Gasteiger partial charge on any atom is -0.335 e. The molecule has 19 heavy (non-hydrogen) atoms. The number of carbonyl (C=O) groups is 1. The third-order valence-electron chi connectivity index (χ3n) is 3.80. The second-order valence-corrected chi connectivity index (χ2v) is 5.12. The maximum Gasteiger partial charge on any atom is 0.227 e. The average molecular weight is 284 g/mol. The number of rotatable bonds is 3. The Hall–Kier alpha value is -1.13. The van der Waals surface area contributed by atoms with Gasteiger partial charge in [0.05, 0.1) is 12.0 Å². The molecule has 1 aliphatic rings. The Balaban J connectivity index is 0.00000180. The van der Waals surface area contributed by atoms with E-state index >= 15 is 0 Å². The first-order valence-corrected chi connectivity index (χ1v) is 6.57. The third kappa shape index (κ3) is 3.45. The zero-order chi connectivity index (χ0) is 13.1. The van der Waals surface area contributed by atoms with Gasteiger partial charge in [-0.25, -0.2) is 0 Å². The lowest BCUT2D eigenvalue weighted by Crippen LogP contribution is -2.41. The first kappa shape index (κ1) is 15.9. The molecule has 0 aromatic carbocycles. The van der Waals surface area contributed by atoms with Crippen molar-refractivity contribution in [2.45, 2.75) is 38.8 Å². The Bertz CT molecular complexity index is 410. The minimum atomic E-state index is -0.118. The summed E-state index contributed by atoms with van der Waals surface area (Å²) in [7, 11) is 0. The van der Waals surface area contributed by atoms with Crippen LogP contribution < -0.4 is 5.73 Å². The summed E-state index contributed by atoms with van der Waals surface area (Å²) in [6.45, 7) is 4.64. The Kier molecular flexibility index (Phi) is 5.76. The van der Waals surface area contributed by atoms with E-state index in [0.29, 0.717) is 0 Å². The van der Waals surface area contributed by atoms with Crippen LogP contribution >= 0.6 is 12.4 Å². The Morgan fingerprint density at radius 1 is 1.42 bits per heavy atom. The molecule has 1 aromatic rings. The lowest BCUT2D eigenvalue weighted by atomic mass is 10.0. The first-order chi connectivity index (χ1) is 8.61. The summed E-state index contributed by atoms with van der Waals surface area (Å²) in [4.78, 5) is 18.4.